The van der Waals surface area contributed by atoms with E-state index in [0.29, 0.717) is 13.2 Å². The van der Waals surface area contributed by atoms with Crippen LogP contribution in [0.15, 0.2) is 65.7 Å². The number of hydrogen-bond donors (Lipinski definition) is 1. The van der Waals surface area contributed by atoms with Crippen LogP contribution in [-0.4, -0.2) is 51.3 Å². The Labute approximate surface area is 186 Å². The second kappa shape index (κ2) is 15.2. The maximum Gasteiger partial charge on any atom is 0.193 e. The Morgan fingerprint density at radius 3 is 2.32 bits per heavy atom. The number of nitrogens with zero attached hydrogens (tertiary/aromatic N) is 2. The molecule has 0 spiro atoms. The molecular weight excluding hydrogens is 465 g/mol. The lowest BCUT2D eigenvalue weighted by Gasteiger charge is -2.22. The predicted octanol–water partition coefficient (Wildman–Crippen LogP) is 4.19. The highest BCUT2D eigenvalue weighted by atomic mass is 127. The topological polar surface area (TPSA) is 46.1 Å². The third kappa shape index (κ3) is 9.94. The zero-order valence-corrected chi connectivity index (χ0v) is 19.2. The van der Waals surface area contributed by atoms with Gasteiger partial charge in [0.2, 0.25) is 0 Å². The van der Waals surface area contributed by atoms with Gasteiger partial charge in [0.25, 0.3) is 0 Å². The number of aliphatic imine (C=N–C) groups is 1. The van der Waals surface area contributed by atoms with Crippen LogP contribution < -0.4 is 10.1 Å². The molecule has 2 aromatic rings. The minimum absolute atomic E-state index is 0. The van der Waals surface area contributed by atoms with Crippen LogP contribution in [0.25, 0.3) is 0 Å². The fourth-order valence-corrected chi connectivity index (χ4v) is 2.60. The van der Waals surface area contributed by atoms with E-state index >= 15 is 0 Å². The number of nitrogens with one attached hydrogen (secondary N) is 1. The molecule has 0 aliphatic heterocycles. The smallest absolute Gasteiger partial charge is 0.193 e. The minimum Gasteiger partial charge on any atom is -0.492 e. The number of guanidine groups is 1. The van der Waals surface area contributed by atoms with Crippen LogP contribution in [0.4, 0.5) is 0 Å². The molecule has 0 fully saturated rings. The molecule has 0 atom stereocenters. The van der Waals surface area contributed by atoms with Crippen molar-refractivity contribution in [3.05, 3.63) is 66.2 Å². The van der Waals surface area contributed by atoms with Crippen molar-refractivity contribution in [3.8, 4) is 5.75 Å². The SMILES string of the molecule is CN=C(NCCCCOCc1ccccc1)N(C)CCOc1ccccc1.I. The van der Waals surface area contributed by atoms with E-state index in [1.165, 1.54) is 5.56 Å². The average molecular weight is 497 g/mol. The summed E-state index contributed by atoms with van der Waals surface area (Å²) in [6, 6.07) is 20.1. The Morgan fingerprint density at radius 1 is 0.964 bits per heavy atom. The zero-order valence-electron chi connectivity index (χ0n) is 16.8. The predicted molar refractivity (Wildman–Crippen MR) is 127 cm³/mol. The van der Waals surface area contributed by atoms with Crippen molar-refractivity contribution in [1.82, 2.24) is 10.2 Å². The van der Waals surface area contributed by atoms with E-state index in [9.17, 15) is 0 Å². The first-order valence-electron chi connectivity index (χ1n) is 9.51. The highest BCUT2D eigenvalue weighted by molar-refractivity contribution is 14.0. The van der Waals surface area contributed by atoms with E-state index in [2.05, 4.69) is 27.3 Å². The molecule has 154 valence electrons. The van der Waals surface area contributed by atoms with Crippen LogP contribution >= 0.6 is 24.0 Å². The summed E-state index contributed by atoms with van der Waals surface area (Å²) in [6.45, 7) is 3.73. The van der Waals surface area contributed by atoms with Gasteiger partial charge >= 0.3 is 0 Å². The maximum absolute atomic E-state index is 5.74. The summed E-state index contributed by atoms with van der Waals surface area (Å²) in [5.74, 6) is 1.78. The minimum atomic E-state index is 0. The van der Waals surface area contributed by atoms with Crippen molar-refractivity contribution >= 4 is 29.9 Å². The van der Waals surface area contributed by atoms with Gasteiger partial charge in [0.15, 0.2) is 5.96 Å². The Hall–Kier alpha value is -1.80. The monoisotopic (exact) mass is 497 g/mol. The molecular formula is C22H32IN3O2. The van der Waals surface area contributed by atoms with Crippen molar-refractivity contribution in [3.63, 3.8) is 0 Å². The fraction of sp³-hybridized carbons (Fsp3) is 0.409. The van der Waals surface area contributed by atoms with Crippen LogP contribution in [-0.2, 0) is 11.3 Å². The van der Waals surface area contributed by atoms with Gasteiger partial charge in [-0.3, -0.25) is 4.99 Å². The highest BCUT2D eigenvalue weighted by Gasteiger charge is 2.05. The molecule has 0 aliphatic rings. The van der Waals surface area contributed by atoms with Crippen LogP contribution in [0.5, 0.6) is 5.75 Å². The molecule has 0 saturated carbocycles. The number of halogens is 1. The van der Waals surface area contributed by atoms with E-state index in [1.807, 2.05) is 55.6 Å². The molecule has 0 heterocycles. The molecule has 0 aromatic heterocycles. The van der Waals surface area contributed by atoms with Crippen molar-refractivity contribution < 1.29 is 9.47 Å². The lowest BCUT2D eigenvalue weighted by atomic mass is 10.2. The molecule has 0 bridgehead atoms. The van der Waals surface area contributed by atoms with Gasteiger partial charge in [-0.05, 0) is 30.5 Å². The molecule has 0 amide bonds. The number of rotatable bonds is 11. The van der Waals surface area contributed by atoms with Gasteiger partial charge in [-0.15, -0.1) is 24.0 Å². The van der Waals surface area contributed by atoms with Crippen molar-refractivity contribution in [2.24, 2.45) is 4.99 Å². The molecule has 0 saturated heterocycles. The molecule has 0 aliphatic carbocycles. The molecule has 5 nitrogen and oxygen atoms in total. The normalized spacial score (nSPS) is 10.9. The van der Waals surface area contributed by atoms with E-state index in [0.717, 1.165) is 44.2 Å². The van der Waals surface area contributed by atoms with Crippen molar-refractivity contribution in [2.75, 3.05) is 40.4 Å². The number of likely N-dealkylation sites (N-methyl/N-ethyl adjacent to an activating group) is 1. The Bertz CT molecular complexity index is 653. The number of hydrogen-bond acceptors (Lipinski definition) is 3. The van der Waals surface area contributed by atoms with Gasteiger partial charge < -0.3 is 19.7 Å². The Kier molecular flexibility index (Phi) is 13.1. The molecule has 6 heteroatoms. The van der Waals surface area contributed by atoms with Crippen LogP contribution in [0.3, 0.4) is 0 Å². The quantitative estimate of drug-likeness (QED) is 0.219. The zero-order chi connectivity index (χ0) is 19.2. The van der Waals surface area contributed by atoms with Gasteiger partial charge in [0, 0.05) is 27.2 Å². The van der Waals surface area contributed by atoms with E-state index in [-0.39, 0.29) is 24.0 Å². The number of ether oxygens (including phenoxy) is 2. The van der Waals surface area contributed by atoms with E-state index in [1.54, 1.807) is 7.05 Å². The number of para-hydroxylation sites is 1. The first kappa shape index (κ1) is 24.2. The standard InChI is InChI=1S/C22H31N3O2.HI/c1-23-22(25(2)16-18-27-21-13-7-4-8-14-21)24-15-9-10-17-26-19-20-11-5-3-6-12-20;/h3-8,11-14H,9-10,15-19H2,1-2H3,(H,23,24);1H. The summed E-state index contributed by atoms with van der Waals surface area (Å²) >= 11 is 0. The molecule has 0 unspecified atom stereocenters. The second-order valence-electron chi connectivity index (χ2n) is 6.30. The van der Waals surface area contributed by atoms with Gasteiger partial charge in [-0.25, -0.2) is 0 Å². The maximum atomic E-state index is 5.74. The lowest BCUT2D eigenvalue weighted by molar-refractivity contribution is 0.117. The first-order valence-corrected chi connectivity index (χ1v) is 9.51. The van der Waals surface area contributed by atoms with E-state index < -0.39 is 0 Å². The Balaban J connectivity index is 0.00000392. The highest BCUT2D eigenvalue weighted by Crippen LogP contribution is 2.07. The molecule has 2 aromatic carbocycles. The Morgan fingerprint density at radius 2 is 1.64 bits per heavy atom. The molecule has 1 N–H and O–H groups in total. The summed E-state index contributed by atoms with van der Waals surface area (Å²) in [7, 11) is 3.83. The third-order valence-corrected chi connectivity index (χ3v) is 4.12. The first-order chi connectivity index (χ1) is 13.3. The van der Waals surface area contributed by atoms with Crippen LogP contribution in [0.2, 0.25) is 0 Å². The number of benzene rings is 2. The second-order valence-corrected chi connectivity index (χ2v) is 6.30. The summed E-state index contributed by atoms with van der Waals surface area (Å²) in [5, 5.41) is 3.39. The van der Waals surface area contributed by atoms with Gasteiger partial charge in [0.05, 0.1) is 13.2 Å². The average Bonchev–Trinajstić information content (AvgIpc) is 2.71. The van der Waals surface area contributed by atoms with Gasteiger partial charge in [-0.2, -0.15) is 0 Å². The van der Waals surface area contributed by atoms with Gasteiger partial charge in [0.1, 0.15) is 12.4 Å². The largest absolute Gasteiger partial charge is 0.492 e. The lowest BCUT2D eigenvalue weighted by Crippen LogP contribution is -2.41. The third-order valence-electron chi connectivity index (χ3n) is 4.12. The van der Waals surface area contributed by atoms with Crippen molar-refractivity contribution in [1.29, 1.82) is 0 Å². The molecule has 28 heavy (non-hydrogen) atoms. The summed E-state index contributed by atoms with van der Waals surface area (Å²) in [5.41, 5.74) is 1.22. The summed E-state index contributed by atoms with van der Waals surface area (Å²) in [4.78, 5) is 6.41. The summed E-state index contributed by atoms with van der Waals surface area (Å²) in [6.07, 6.45) is 2.07. The van der Waals surface area contributed by atoms with Crippen LogP contribution in [0, 0.1) is 0 Å². The molecule has 2 rings (SSSR count). The van der Waals surface area contributed by atoms with Crippen LogP contribution in [0.1, 0.15) is 18.4 Å². The molecule has 0 radical (unpaired) electrons. The van der Waals surface area contributed by atoms with E-state index in [4.69, 9.17) is 9.47 Å². The fourth-order valence-electron chi connectivity index (χ4n) is 2.60. The number of unbranched alkanes of at least 4 members (excludes halogenated alkanes) is 1. The van der Waals surface area contributed by atoms with Gasteiger partial charge in [-0.1, -0.05) is 48.5 Å². The van der Waals surface area contributed by atoms with Crippen molar-refractivity contribution in [2.45, 2.75) is 19.4 Å². The summed E-state index contributed by atoms with van der Waals surface area (Å²) < 4.78 is 11.4.